The molecular weight excluding hydrogens is 270 g/mol. The molecule has 2 aliphatic rings. The van der Waals surface area contributed by atoms with Crippen LogP contribution in [-0.2, 0) is 0 Å². The lowest BCUT2D eigenvalue weighted by Crippen LogP contribution is -2.42. The normalized spacial score (nSPS) is 23.6. The summed E-state index contributed by atoms with van der Waals surface area (Å²) >= 11 is 6.17. The van der Waals surface area contributed by atoms with Gasteiger partial charge in [0.25, 0.3) is 0 Å². The van der Waals surface area contributed by atoms with Crippen LogP contribution in [0.2, 0.25) is 5.02 Å². The topological polar surface area (TPSA) is 21.3 Å². The lowest BCUT2D eigenvalue weighted by Gasteiger charge is -2.40. The van der Waals surface area contributed by atoms with E-state index in [-0.39, 0.29) is 5.60 Å². The molecule has 20 heavy (non-hydrogen) atoms. The zero-order valence-corrected chi connectivity index (χ0v) is 13.0. The second kappa shape index (κ2) is 5.95. The lowest BCUT2D eigenvalue weighted by molar-refractivity contribution is 0.0368. The molecule has 1 atom stereocenters. The van der Waals surface area contributed by atoms with Gasteiger partial charge in [0.05, 0.1) is 0 Å². The summed E-state index contributed by atoms with van der Waals surface area (Å²) in [6.07, 6.45) is 8.52. The molecule has 1 aromatic carbocycles. The van der Waals surface area contributed by atoms with E-state index in [0.717, 1.165) is 23.7 Å². The molecule has 0 amide bonds. The quantitative estimate of drug-likeness (QED) is 0.800. The van der Waals surface area contributed by atoms with Crippen LogP contribution in [0, 0.1) is 0 Å². The highest BCUT2D eigenvalue weighted by atomic mass is 35.5. The van der Waals surface area contributed by atoms with Gasteiger partial charge < -0.3 is 10.1 Å². The Balaban J connectivity index is 1.85. The average molecular weight is 294 g/mol. The van der Waals surface area contributed by atoms with Gasteiger partial charge in [-0.25, -0.2) is 0 Å². The maximum absolute atomic E-state index is 6.37. The molecule has 0 saturated heterocycles. The third-order valence-electron chi connectivity index (χ3n) is 4.69. The molecule has 1 aliphatic carbocycles. The van der Waals surface area contributed by atoms with Gasteiger partial charge in [0.15, 0.2) is 0 Å². The van der Waals surface area contributed by atoms with Crippen molar-refractivity contribution in [2.24, 2.45) is 0 Å². The monoisotopic (exact) mass is 293 g/mol. The number of unbranched alkanes of at least 4 members (excludes halogenated alkanes) is 1. The van der Waals surface area contributed by atoms with Gasteiger partial charge in [-0.1, -0.05) is 24.9 Å². The van der Waals surface area contributed by atoms with Crippen molar-refractivity contribution in [3.8, 4) is 5.75 Å². The molecule has 0 radical (unpaired) electrons. The highest BCUT2D eigenvalue weighted by Gasteiger charge is 2.42. The molecule has 3 rings (SSSR count). The van der Waals surface area contributed by atoms with Crippen molar-refractivity contribution in [3.05, 3.63) is 28.8 Å². The summed E-state index contributed by atoms with van der Waals surface area (Å²) in [6.45, 7) is 3.30. The molecule has 0 bridgehead atoms. The third kappa shape index (κ3) is 2.82. The Kier molecular flexibility index (Phi) is 4.23. The van der Waals surface area contributed by atoms with E-state index in [1.165, 1.54) is 44.1 Å². The molecule has 1 saturated carbocycles. The molecule has 1 aliphatic heterocycles. The van der Waals surface area contributed by atoms with Crippen molar-refractivity contribution in [1.29, 1.82) is 0 Å². The molecular formula is C17H24ClNO. The minimum Gasteiger partial charge on any atom is -0.487 e. The lowest BCUT2D eigenvalue weighted by atomic mass is 9.86. The van der Waals surface area contributed by atoms with Crippen LogP contribution in [0.1, 0.15) is 63.5 Å². The Bertz CT molecular complexity index is 468. The molecule has 3 heteroatoms. The zero-order valence-electron chi connectivity index (χ0n) is 12.3. The summed E-state index contributed by atoms with van der Waals surface area (Å²) in [7, 11) is 0. The minimum atomic E-state index is 0.0741. The predicted molar refractivity (Wildman–Crippen MR) is 83.5 cm³/mol. The maximum Gasteiger partial charge on any atom is 0.125 e. The van der Waals surface area contributed by atoms with Gasteiger partial charge in [0.2, 0.25) is 0 Å². The number of nitrogens with one attached hydrogen (secondary N) is 1. The van der Waals surface area contributed by atoms with Gasteiger partial charge in [-0.2, -0.15) is 0 Å². The number of benzene rings is 1. The highest BCUT2D eigenvalue weighted by molar-refractivity contribution is 6.30. The van der Waals surface area contributed by atoms with E-state index in [1.54, 1.807) is 0 Å². The highest BCUT2D eigenvalue weighted by Crippen LogP contribution is 2.47. The van der Waals surface area contributed by atoms with Crippen LogP contribution in [0.15, 0.2) is 18.2 Å². The van der Waals surface area contributed by atoms with Gasteiger partial charge >= 0.3 is 0 Å². The fourth-order valence-electron chi connectivity index (χ4n) is 3.60. The number of rotatable bonds is 4. The first kappa shape index (κ1) is 14.2. The standard InChI is InChI=1S/C17H24ClNO/c1-2-3-10-19-15-12-17(8-4-5-9-17)20-16-7-6-13(18)11-14(15)16/h6-7,11,15,19H,2-5,8-10,12H2,1H3. The minimum absolute atomic E-state index is 0.0741. The van der Waals surface area contributed by atoms with Crippen LogP contribution in [-0.4, -0.2) is 12.1 Å². The van der Waals surface area contributed by atoms with E-state index in [4.69, 9.17) is 16.3 Å². The molecule has 1 N–H and O–H groups in total. The maximum atomic E-state index is 6.37. The number of hydrogen-bond acceptors (Lipinski definition) is 2. The summed E-state index contributed by atoms with van der Waals surface area (Å²) in [5.74, 6) is 1.04. The van der Waals surface area contributed by atoms with Gasteiger partial charge in [-0.05, 0) is 56.8 Å². The summed E-state index contributed by atoms with van der Waals surface area (Å²) in [5, 5.41) is 4.52. The van der Waals surface area contributed by atoms with Crippen LogP contribution in [0.5, 0.6) is 5.75 Å². The number of hydrogen-bond donors (Lipinski definition) is 1. The van der Waals surface area contributed by atoms with E-state index in [2.05, 4.69) is 18.3 Å². The fraction of sp³-hybridized carbons (Fsp3) is 0.647. The Morgan fingerprint density at radius 1 is 1.35 bits per heavy atom. The first-order valence-electron chi connectivity index (χ1n) is 7.94. The molecule has 110 valence electrons. The van der Waals surface area contributed by atoms with Crippen LogP contribution in [0.4, 0.5) is 0 Å². The number of ether oxygens (including phenoxy) is 1. The Morgan fingerprint density at radius 2 is 2.15 bits per heavy atom. The predicted octanol–water partition coefficient (Wildman–Crippen LogP) is 4.87. The summed E-state index contributed by atoms with van der Waals surface area (Å²) in [4.78, 5) is 0. The van der Waals surface area contributed by atoms with Crippen molar-refractivity contribution < 1.29 is 4.74 Å². The Hall–Kier alpha value is -0.730. The second-order valence-corrected chi connectivity index (χ2v) is 6.68. The molecule has 1 heterocycles. The van der Waals surface area contributed by atoms with Crippen LogP contribution in [0.25, 0.3) is 0 Å². The largest absolute Gasteiger partial charge is 0.487 e. The van der Waals surface area contributed by atoms with Crippen LogP contribution < -0.4 is 10.1 Å². The van der Waals surface area contributed by atoms with Gasteiger partial charge in [-0.15, -0.1) is 0 Å². The molecule has 1 aromatic rings. The van der Waals surface area contributed by atoms with Gasteiger partial charge in [0, 0.05) is 23.0 Å². The van der Waals surface area contributed by atoms with E-state index in [0.29, 0.717) is 6.04 Å². The molecule has 2 nitrogen and oxygen atoms in total. The van der Waals surface area contributed by atoms with Gasteiger partial charge in [-0.3, -0.25) is 0 Å². The summed E-state index contributed by atoms with van der Waals surface area (Å²) in [6, 6.07) is 6.45. The van der Waals surface area contributed by atoms with E-state index in [1.807, 2.05) is 12.1 Å². The molecule has 0 aromatic heterocycles. The summed E-state index contributed by atoms with van der Waals surface area (Å²) < 4.78 is 6.37. The van der Waals surface area contributed by atoms with E-state index < -0.39 is 0 Å². The second-order valence-electron chi connectivity index (χ2n) is 6.24. The van der Waals surface area contributed by atoms with Crippen LogP contribution >= 0.6 is 11.6 Å². The van der Waals surface area contributed by atoms with Crippen molar-refractivity contribution in [2.75, 3.05) is 6.54 Å². The first-order valence-corrected chi connectivity index (χ1v) is 8.32. The van der Waals surface area contributed by atoms with E-state index in [9.17, 15) is 0 Å². The smallest absolute Gasteiger partial charge is 0.125 e. The molecule has 1 spiro atoms. The third-order valence-corrected chi connectivity index (χ3v) is 4.92. The SMILES string of the molecule is CCCCNC1CC2(CCCC2)Oc2ccc(Cl)cc21. The Morgan fingerprint density at radius 3 is 2.90 bits per heavy atom. The molecule has 1 fully saturated rings. The van der Waals surface area contributed by atoms with Crippen molar-refractivity contribution in [3.63, 3.8) is 0 Å². The van der Waals surface area contributed by atoms with E-state index >= 15 is 0 Å². The first-order chi connectivity index (χ1) is 9.72. The fourth-order valence-corrected chi connectivity index (χ4v) is 3.78. The van der Waals surface area contributed by atoms with Crippen molar-refractivity contribution >= 4 is 11.6 Å². The summed E-state index contributed by atoms with van der Waals surface area (Å²) in [5.41, 5.74) is 1.32. The van der Waals surface area contributed by atoms with Gasteiger partial charge in [0.1, 0.15) is 11.4 Å². The number of fused-ring (bicyclic) bond motifs is 1. The van der Waals surface area contributed by atoms with Crippen LogP contribution in [0.3, 0.4) is 0 Å². The average Bonchev–Trinajstić information content (AvgIpc) is 2.88. The zero-order chi connectivity index (χ0) is 14.0. The van der Waals surface area contributed by atoms with Crippen molar-refractivity contribution in [1.82, 2.24) is 5.32 Å². The molecule has 1 unspecified atom stereocenters. The van der Waals surface area contributed by atoms with Crippen molar-refractivity contribution in [2.45, 2.75) is 63.5 Å². The Labute approximate surface area is 126 Å². The number of halogens is 1.